The first-order chi connectivity index (χ1) is 15.1. The summed E-state index contributed by atoms with van der Waals surface area (Å²) in [5.74, 6) is 1.04. The smallest absolute Gasteiger partial charge is 0.311 e. The summed E-state index contributed by atoms with van der Waals surface area (Å²) in [7, 11) is 0. The minimum Gasteiger partial charge on any atom is -0.427 e. The molecule has 3 rings (SSSR count). The Morgan fingerprint density at radius 2 is 1.45 bits per heavy atom. The van der Waals surface area contributed by atoms with Gasteiger partial charge in [0.25, 0.3) is 0 Å². The first kappa shape index (κ1) is 22.7. The Labute approximate surface area is 185 Å². The summed E-state index contributed by atoms with van der Waals surface area (Å²) < 4.78 is 5.45. The highest BCUT2D eigenvalue weighted by molar-refractivity contribution is 5.72. The van der Waals surface area contributed by atoms with Crippen molar-refractivity contribution in [1.82, 2.24) is 10.2 Å². The van der Waals surface area contributed by atoms with Gasteiger partial charge < -0.3 is 4.74 Å². The third kappa shape index (κ3) is 6.74. The Bertz CT molecular complexity index is 948. The van der Waals surface area contributed by atoms with Crippen LogP contribution in [0.1, 0.15) is 58.4 Å². The SMILES string of the molecule is CCCc1ccc(-c2ccc(-c3ccc(OC(=O)CCC[C@@H](C)CC)cc3)nn2)cc1. The monoisotopic (exact) mass is 416 g/mol. The molecule has 0 unspecified atom stereocenters. The lowest BCUT2D eigenvalue weighted by Gasteiger charge is -2.08. The fourth-order valence-corrected chi connectivity index (χ4v) is 3.45. The number of carbonyl (C=O) groups excluding carboxylic acids is 1. The highest BCUT2D eigenvalue weighted by Gasteiger charge is 2.08. The van der Waals surface area contributed by atoms with E-state index in [1.165, 1.54) is 5.56 Å². The first-order valence-electron chi connectivity index (χ1n) is 11.3. The minimum absolute atomic E-state index is 0.176. The van der Waals surface area contributed by atoms with E-state index in [1.54, 1.807) is 0 Å². The molecule has 0 aliphatic rings. The molecule has 4 nitrogen and oxygen atoms in total. The molecule has 1 heterocycles. The Kier molecular flexibility index (Phi) is 8.34. The van der Waals surface area contributed by atoms with Crippen LogP contribution in [0.4, 0.5) is 0 Å². The molecule has 2 aromatic carbocycles. The van der Waals surface area contributed by atoms with Crippen molar-refractivity contribution in [2.75, 3.05) is 0 Å². The molecule has 0 N–H and O–H groups in total. The number of nitrogens with zero attached hydrogens (tertiary/aromatic N) is 2. The van der Waals surface area contributed by atoms with Gasteiger partial charge in [0.05, 0.1) is 11.4 Å². The quantitative estimate of drug-likeness (QED) is 0.267. The predicted molar refractivity (Wildman–Crippen MR) is 126 cm³/mol. The van der Waals surface area contributed by atoms with Crippen molar-refractivity contribution in [3.8, 4) is 28.3 Å². The summed E-state index contributed by atoms with van der Waals surface area (Å²) >= 11 is 0. The first-order valence-corrected chi connectivity index (χ1v) is 11.3. The Morgan fingerprint density at radius 3 is 1.97 bits per heavy atom. The van der Waals surface area contributed by atoms with Gasteiger partial charge >= 0.3 is 5.97 Å². The van der Waals surface area contributed by atoms with Gasteiger partial charge in [0.1, 0.15) is 5.75 Å². The molecular weight excluding hydrogens is 384 g/mol. The van der Waals surface area contributed by atoms with Crippen LogP contribution in [-0.2, 0) is 11.2 Å². The van der Waals surface area contributed by atoms with Gasteiger partial charge in [-0.2, -0.15) is 0 Å². The van der Waals surface area contributed by atoms with Gasteiger partial charge in [-0.05, 0) is 60.7 Å². The highest BCUT2D eigenvalue weighted by Crippen LogP contribution is 2.23. The van der Waals surface area contributed by atoms with Crippen LogP contribution in [0.15, 0.2) is 60.7 Å². The fourth-order valence-electron chi connectivity index (χ4n) is 3.45. The number of hydrogen-bond acceptors (Lipinski definition) is 4. The maximum Gasteiger partial charge on any atom is 0.311 e. The number of carbonyl (C=O) groups is 1. The Hall–Kier alpha value is -3.01. The van der Waals surface area contributed by atoms with E-state index in [1.807, 2.05) is 36.4 Å². The molecule has 4 heteroatoms. The maximum atomic E-state index is 12.0. The van der Waals surface area contributed by atoms with E-state index in [9.17, 15) is 4.79 Å². The summed E-state index contributed by atoms with van der Waals surface area (Å²) in [6.07, 6.45) is 5.76. The van der Waals surface area contributed by atoms with Crippen LogP contribution in [0.5, 0.6) is 5.75 Å². The third-order valence-electron chi connectivity index (χ3n) is 5.61. The molecule has 0 saturated heterocycles. The molecule has 1 aromatic heterocycles. The zero-order valence-corrected chi connectivity index (χ0v) is 18.8. The molecule has 162 valence electrons. The van der Waals surface area contributed by atoms with Crippen molar-refractivity contribution < 1.29 is 9.53 Å². The summed E-state index contributed by atoms with van der Waals surface area (Å²) in [6.45, 7) is 6.57. The lowest BCUT2D eigenvalue weighted by atomic mass is 10.0. The number of rotatable bonds is 10. The highest BCUT2D eigenvalue weighted by atomic mass is 16.5. The van der Waals surface area contributed by atoms with Gasteiger partial charge in [0.2, 0.25) is 0 Å². The normalized spacial score (nSPS) is 11.8. The van der Waals surface area contributed by atoms with Crippen LogP contribution in [-0.4, -0.2) is 16.2 Å². The van der Waals surface area contributed by atoms with Gasteiger partial charge in [-0.1, -0.05) is 64.3 Å². The molecule has 0 aliphatic heterocycles. The fraction of sp³-hybridized carbons (Fsp3) is 0.370. The molecule has 0 bridgehead atoms. The number of esters is 1. The number of aryl methyl sites for hydroxylation is 1. The Morgan fingerprint density at radius 1 is 0.871 bits per heavy atom. The van der Waals surface area contributed by atoms with E-state index in [0.29, 0.717) is 18.1 Å². The van der Waals surface area contributed by atoms with Crippen molar-refractivity contribution in [3.63, 3.8) is 0 Å². The van der Waals surface area contributed by atoms with Gasteiger partial charge in [-0.25, -0.2) is 0 Å². The van der Waals surface area contributed by atoms with E-state index in [4.69, 9.17) is 4.74 Å². The van der Waals surface area contributed by atoms with Crippen LogP contribution >= 0.6 is 0 Å². The average molecular weight is 417 g/mol. The zero-order chi connectivity index (χ0) is 22.1. The third-order valence-corrected chi connectivity index (χ3v) is 5.61. The molecule has 0 aliphatic carbocycles. The van der Waals surface area contributed by atoms with Crippen LogP contribution in [0.2, 0.25) is 0 Å². The van der Waals surface area contributed by atoms with Gasteiger partial charge in [-0.3, -0.25) is 4.79 Å². The number of hydrogen-bond donors (Lipinski definition) is 0. The van der Waals surface area contributed by atoms with E-state index < -0.39 is 0 Å². The van der Waals surface area contributed by atoms with Crippen molar-refractivity contribution >= 4 is 5.97 Å². The molecule has 0 radical (unpaired) electrons. The predicted octanol–water partition coefficient (Wildman–Crippen LogP) is 6.88. The van der Waals surface area contributed by atoms with Gasteiger partial charge in [0, 0.05) is 17.5 Å². The molecule has 0 amide bonds. The number of benzene rings is 2. The van der Waals surface area contributed by atoms with Crippen molar-refractivity contribution in [2.45, 2.75) is 59.3 Å². The Balaban J connectivity index is 1.57. The molecule has 0 fully saturated rings. The largest absolute Gasteiger partial charge is 0.427 e. The van der Waals surface area contributed by atoms with Crippen LogP contribution < -0.4 is 4.74 Å². The molecule has 1 atom stereocenters. The lowest BCUT2D eigenvalue weighted by Crippen LogP contribution is -2.08. The van der Waals surface area contributed by atoms with Crippen molar-refractivity contribution in [2.24, 2.45) is 5.92 Å². The number of ether oxygens (including phenoxy) is 1. The van der Waals surface area contributed by atoms with E-state index >= 15 is 0 Å². The maximum absolute atomic E-state index is 12.0. The zero-order valence-electron chi connectivity index (χ0n) is 18.8. The summed E-state index contributed by atoms with van der Waals surface area (Å²) in [6, 6.07) is 19.9. The van der Waals surface area contributed by atoms with Gasteiger partial charge in [-0.15, -0.1) is 10.2 Å². The minimum atomic E-state index is -0.176. The van der Waals surface area contributed by atoms with Crippen molar-refractivity contribution in [3.05, 3.63) is 66.2 Å². The van der Waals surface area contributed by atoms with Crippen LogP contribution in [0.3, 0.4) is 0 Å². The second-order valence-electron chi connectivity index (χ2n) is 8.15. The number of aromatic nitrogens is 2. The van der Waals surface area contributed by atoms with E-state index in [-0.39, 0.29) is 5.97 Å². The molecule has 3 aromatic rings. The topological polar surface area (TPSA) is 52.1 Å². The standard InChI is InChI=1S/C27H32N2O2/c1-4-7-21-10-12-22(13-11-21)25-18-19-26(29-28-25)23-14-16-24(17-15-23)31-27(30)9-6-8-20(3)5-2/h10-20H,4-9H2,1-3H3/t20-/m0/s1. The van der Waals surface area contributed by atoms with Crippen LogP contribution in [0, 0.1) is 5.92 Å². The van der Waals surface area contributed by atoms with Crippen LogP contribution in [0.25, 0.3) is 22.5 Å². The second kappa shape index (κ2) is 11.4. The summed E-state index contributed by atoms with van der Waals surface area (Å²) in [5, 5.41) is 8.77. The average Bonchev–Trinajstić information content (AvgIpc) is 2.80. The summed E-state index contributed by atoms with van der Waals surface area (Å²) in [5.41, 5.74) is 4.99. The lowest BCUT2D eigenvalue weighted by molar-refractivity contribution is -0.134. The van der Waals surface area contributed by atoms with Crippen molar-refractivity contribution in [1.29, 1.82) is 0 Å². The molecular formula is C27H32N2O2. The molecule has 0 spiro atoms. The second-order valence-corrected chi connectivity index (χ2v) is 8.15. The molecule has 31 heavy (non-hydrogen) atoms. The van der Waals surface area contributed by atoms with E-state index in [2.05, 4.69) is 55.2 Å². The summed E-state index contributed by atoms with van der Waals surface area (Å²) in [4.78, 5) is 12.0. The van der Waals surface area contributed by atoms with E-state index in [0.717, 1.165) is 54.6 Å². The molecule has 0 saturated carbocycles. The van der Waals surface area contributed by atoms with Gasteiger partial charge in [0.15, 0.2) is 0 Å².